The maximum Gasteiger partial charge on any atom is 0.0613 e. The van der Waals surface area contributed by atoms with Crippen molar-refractivity contribution in [1.82, 2.24) is 5.32 Å². The van der Waals surface area contributed by atoms with E-state index < -0.39 is 0 Å². The van der Waals surface area contributed by atoms with Gasteiger partial charge in [-0.25, -0.2) is 0 Å². The number of aliphatic hydroxyl groups is 1. The van der Waals surface area contributed by atoms with Gasteiger partial charge >= 0.3 is 0 Å². The maximum absolute atomic E-state index is 9.52. The van der Waals surface area contributed by atoms with Crippen molar-refractivity contribution < 1.29 is 9.84 Å². The third-order valence-corrected chi connectivity index (χ3v) is 3.42. The Hall–Kier alpha value is -0.120. The van der Waals surface area contributed by atoms with Crippen molar-refractivity contribution in [2.45, 2.75) is 44.6 Å². The van der Waals surface area contributed by atoms with Gasteiger partial charge in [-0.3, -0.25) is 0 Å². The third-order valence-electron chi connectivity index (χ3n) is 3.42. The van der Waals surface area contributed by atoms with Gasteiger partial charge in [-0.1, -0.05) is 19.8 Å². The third kappa shape index (κ3) is 4.09. The summed E-state index contributed by atoms with van der Waals surface area (Å²) in [7, 11) is 1.73. The van der Waals surface area contributed by atoms with Crippen LogP contribution in [0.2, 0.25) is 0 Å². The zero-order valence-corrected chi connectivity index (χ0v) is 10.1. The summed E-state index contributed by atoms with van der Waals surface area (Å²) in [4.78, 5) is 0. The van der Waals surface area contributed by atoms with Crippen LogP contribution in [0.5, 0.6) is 0 Å². The summed E-state index contributed by atoms with van der Waals surface area (Å²) in [5.74, 6) is 0.737. The molecule has 0 bridgehead atoms. The fourth-order valence-corrected chi connectivity index (χ4v) is 2.59. The molecule has 0 aromatic rings. The number of ether oxygens (including phenoxy) is 1. The first-order valence-electron chi connectivity index (χ1n) is 6.07. The lowest BCUT2D eigenvalue weighted by molar-refractivity contribution is 0.0962. The molecular weight excluding hydrogens is 190 g/mol. The van der Waals surface area contributed by atoms with Gasteiger partial charge in [0.05, 0.1) is 6.61 Å². The van der Waals surface area contributed by atoms with Gasteiger partial charge in [-0.05, 0) is 31.7 Å². The van der Waals surface area contributed by atoms with E-state index in [0.717, 1.165) is 38.3 Å². The van der Waals surface area contributed by atoms with E-state index in [-0.39, 0.29) is 12.1 Å². The van der Waals surface area contributed by atoms with Crippen molar-refractivity contribution in [3.63, 3.8) is 0 Å². The summed E-state index contributed by atoms with van der Waals surface area (Å²) in [6.45, 7) is 4.29. The maximum atomic E-state index is 9.52. The molecule has 90 valence electrons. The quantitative estimate of drug-likeness (QED) is 0.661. The minimum Gasteiger partial charge on any atom is -0.394 e. The van der Waals surface area contributed by atoms with Crippen molar-refractivity contribution in [2.24, 2.45) is 5.92 Å². The van der Waals surface area contributed by atoms with E-state index in [1.807, 2.05) is 0 Å². The van der Waals surface area contributed by atoms with Crippen LogP contribution < -0.4 is 5.32 Å². The van der Waals surface area contributed by atoms with Gasteiger partial charge in [-0.2, -0.15) is 0 Å². The highest BCUT2D eigenvalue weighted by Crippen LogP contribution is 2.31. The molecule has 0 aromatic carbocycles. The minimum atomic E-state index is -0.00852. The number of hydrogen-bond donors (Lipinski definition) is 2. The Morgan fingerprint density at radius 2 is 2.33 bits per heavy atom. The molecule has 0 radical (unpaired) electrons. The molecule has 2 atom stereocenters. The standard InChI is InChI=1S/C12H25NO2/c1-11-5-3-6-12(9-11,10-14)13-7-4-8-15-2/h11,13-14H,3-10H2,1-2H3. The van der Waals surface area contributed by atoms with E-state index in [1.165, 1.54) is 12.8 Å². The van der Waals surface area contributed by atoms with Gasteiger partial charge in [0.1, 0.15) is 0 Å². The van der Waals surface area contributed by atoms with Crippen LogP contribution in [-0.4, -0.2) is 37.5 Å². The lowest BCUT2D eigenvalue weighted by Gasteiger charge is -2.39. The molecule has 2 unspecified atom stereocenters. The number of aliphatic hydroxyl groups excluding tert-OH is 1. The summed E-state index contributed by atoms with van der Waals surface area (Å²) in [5, 5.41) is 13.0. The molecule has 1 aliphatic rings. The van der Waals surface area contributed by atoms with E-state index >= 15 is 0 Å². The van der Waals surface area contributed by atoms with Gasteiger partial charge < -0.3 is 15.2 Å². The predicted molar refractivity (Wildman–Crippen MR) is 61.9 cm³/mol. The van der Waals surface area contributed by atoms with Gasteiger partial charge in [0.25, 0.3) is 0 Å². The van der Waals surface area contributed by atoms with Crippen LogP contribution in [0.3, 0.4) is 0 Å². The molecule has 1 rings (SSSR count). The van der Waals surface area contributed by atoms with Crippen molar-refractivity contribution in [3.8, 4) is 0 Å². The van der Waals surface area contributed by atoms with Crippen molar-refractivity contribution in [3.05, 3.63) is 0 Å². The number of rotatable bonds is 6. The van der Waals surface area contributed by atoms with Crippen LogP contribution in [0.15, 0.2) is 0 Å². The summed E-state index contributed by atoms with van der Waals surface area (Å²) >= 11 is 0. The number of hydrogen-bond acceptors (Lipinski definition) is 3. The fourth-order valence-electron chi connectivity index (χ4n) is 2.59. The zero-order chi connectivity index (χ0) is 11.1. The van der Waals surface area contributed by atoms with Crippen LogP contribution in [0.4, 0.5) is 0 Å². The first-order valence-corrected chi connectivity index (χ1v) is 6.07. The molecular formula is C12H25NO2. The highest BCUT2D eigenvalue weighted by Gasteiger charge is 2.33. The summed E-state index contributed by atoms with van der Waals surface area (Å²) in [6, 6.07) is 0. The normalized spacial score (nSPS) is 31.8. The van der Waals surface area contributed by atoms with E-state index in [2.05, 4.69) is 12.2 Å². The highest BCUT2D eigenvalue weighted by atomic mass is 16.5. The molecule has 1 aliphatic carbocycles. The SMILES string of the molecule is COCCCNC1(CO)CCCC(C)C1. The summed E-state index contributed by atoms with van der Waals surface area (Å²) in [6.07, 6.45) is 5.78. The molecule has 0 saturated heterocycles. The Labute approximate surface area is 93.2 Å². The van der Waals surface area contributed by atoms with E-state index in [0.29, 0.717) is 0 Å². The second-order valence-corrected chi connectivity index (χ2v) is 4.91. The lowest BCUT2D eigenvalue weighted by atomic mass is 9.77. The molecule has 15 heavy (non-hydrogen) atoms. The zero-order valence-electron chi connectivity index (χ0n) is 10.1. The monoisotopic (exact) mass is 215 g/mol. The predicted octanol–water partition coefficient (Wildman–Crippen LogP) is 1.55. The largest absolute Gasteiger partial charge is 0.394 e. The average molecular weight is 215 g/mol. The van der Waals surface area contributed by atoms with Crippen LogP contribution in [-0.2, 0) is 4.74 Å². The molecule has 1 saturated carbocycles. The van der Waals surface area contributed by atoms with Crippen LogP contribution >= 0.6 is 0 Å². The first kappa shape index (κ1) is 12.9. The first-order chi connectivity index (χ1) is 7.22. The van der Waals surface area contributed by atoms with E-state index in [4.69, 9.17) is 4.74 Å². The molecule has 0 amide bonds. The van der Waals surface area contributed by atoms with Gasteiger partial charge in [0, 0.05) is 19.3 Å². The van der Waals surface area contributed by atoms with Crippen molar-refractivity contribution in [2.75, 3.05) is 26.9 Å². The smallest absolute Gasteiger partial charge is 0.0613 e. The van der Waals surface area contributed by atoms with Crippen molar-refractivity contribution >= 4 is 0 Å². The molecule has 0 aliphatic heterocycles. The Morgan fingerprint density at radius 3 is 2.93 bits per heavy atom. The molecule has 2 N–H and O–H groups in total. The Balaban J connectivity index is 2.31. The molecule has 3 heteroatoms. The van der Waals surface area contributed by atoms with Gasteiger partial charge in [-0.15, -0.1) is 0 Å². The van der Waals surface area contributed by atoms with Gasteiger partial charge in [0.2, 0.25) is 0 Å². The summed E-state index contributed by atoms with van der Waals surface area (Å²) in [5.41, 5.74) is -0.00852. The van der Waals surface area contributed by atoms with E-state index in [9.17, 15) is 5.11 Å². The number of nitrogens with one attached hydrogen (secondary N) is 1. The Kier molecular flexibility index (Phi) is 5.58. The second-order valence-electron chi connectivity index (χ2n) is 4.91. The summed E-state index contributed by atoms with van der Waals surface area (Å²) < 4.78 is 5.02. The van der Waals surface area contributed by atoms with E-state index in [1.54, 1.807) is 7.11 Å². The Morgan fingerprint density at radius 1 is 1.53 bits per heavy atom. The number of methoxy groups -OCH3 is 1. The molecule has 0 aromatic heterocycles. The molecule has 0 heterocycles. The average Bonchev–Trinajstić information content (AvgIpc) is 2.25. The molecule has 0 spiro atoms. The van der Waals surface area contributed by atoms with Crippen LogP contribution in [0, 0.1) is 5.92 Å². The Bertz CT molecular complexity index is 175. The fraction of sp³-hybridized carbons (Fsp3) is 1.00. The second kappa shape index (κ2) is 6.46. The minimum absolute atomic E-state index is 0.00852. The molecule has 3 nitrogen and oxygen atoms in total. The highest BCUT2D eigenvalue weighted by molar-refractivity contribution is 4.92. The van der Waals surface area contributed by atoms with Crippen LogP contribution in [0.25, 0.3) is 0 Å². The molecule has 1 fully saturated rings. The van der Waals surface area contributed by atoms with Crippen LogP contribution in [0.1, 0.15) is 39.0 Å². The topological polar surface area (TPSA) is 41.5 Å². The van der Waals surface area contributed by atoms with Crippen molar-refractivity contribution in [1.29, 1.82) is 0 Å². The van der Waals surface area contributed by atoms with Gasteiger partial charge in [0.15, 0.2) is 0 Å². The lowest BCUT2D eigenvalue weighted by Crippen LogP contribution is -2.51.